The van der Waals surface area contributed by atoms with Gasteiger partial charge in [-0.15, -0.1) is 0 Å². The van der Waals surface area contributed by atoms with Gasteiger partial charge in [-0.2, -0.15) is 0 Å². The molecule has 2 N–H and O–H groups in total. The van der Waals surface area contributed by atoms with Gasteiger partial charge in [0.05, 0.1) is 0 Å². The van der Waals surface area contributed by atoms with E-state index in [1.165, 1.54) is 57.8 Å². The van der Waals surface area contributed by atoms with Gasteiger partial charge in [-0.1, -0.05) is 51.1 Å². The monoisotopic (exact) mass is 465 g/mol. The number of carbonyl (C=O) groups excluding carboxylic acids is 1. The van der Waals surface area contributed by atoms with Crippen LogP contribution in [0.3, 0.4) is 0 Å². The second-order valence-corrected chi connectivity index (χ2v) is 13.1. The third-order valence-corrected chi connectivity index (χ3v) is 11.5. The van der Waals surface area contributed by atoms with Crippen molar-refractivity contribution in [2.24, 2.45) is 52.1 Å². The summed E-state index contributed by atoms with van der Waals surface area (Å²) in [5.41, 5.74) is 8.45. The molecule has 1 aromatic rings. The van der Waals surface area contributed by atoms with Gasteiger partial charge in [0.1, 0.15) is 6.61 Å². The van der Waals surface area contributed by atoms with Gasteiger partial charge in [0.15, 0.2) is 0 Å². The van der Waals surface area contributed by atoms with E-state index >= 15 is 0 Å². The standard InChI is InChI=1S/C31H47NO2/c1-21(9-14-29(33)34-20-22-7-5-4-6-8-22)26-12-13-27-25-11-10-23-19-24(32)15-17-30(23,2)28(25)16-18-31(26,27)3/h4-8,21,23-28H,9-20,32H2,1-3H3/t21-,23-,24+,25?,26-,27+,28+,30+,31-/m1/s1. The first-order valence-electron chi connectivity index (χ1n) is 14.3. The molecule has 9 atom stereocenters. The molecule has 0 aromatic heterocycles. The number of fused-ring (bicyclic) bond motifs is 5. The van der Waals surface area contributed by atoms with Crippen LogP contribution in [0, 0.1) is 46.3 Å². The van der Waals surface area contributed by atoms with Crippen molar-refractivity contribution in [1.82, 2.24) is 0 Å². The van der Waals surface area contributed by atoms with Crippen LogP contribution in [-0.2, 0) is 16.1 Å². The highest BCUT2D eigenvalue weighted by Crippen LogP contribution is 2.68. The quantitative estimate of drug-likeness (QED) is 0.455. The number of ether oxygens (including phenoxy) is 1. The van der Waals surface area contributed by atoms with Crippen molar-refractivity contribution in [2.45, 2.75) is 104 Å². The molecule has 0 bridgehead atoms. The Hall–Kier alpha value is -1.35. The average Bonchev–Trinajstić information content (AvgIpc) is 3.19. The molecule has 188 valence electrons. The summed E-state index contributed by atoms with van der Waals surface area (Å²) in [5.74, 6) is 4.89. The molecule has 0 amide bonds. The molecule has 4 aliphatic carbocycles. The maximum Gasteiger partial charge on any atom is 0.306 e. The van der Waals surface area contributed by atoms with Crippen LogP contribution in [0.2, 0.25) is 0 Å². The highest BCUT2D eigenvalue weighted by molar-refractivity contribution is 5.69. The Kier molecular flexibility index (Phi) is 6.88. The van der Waals surface area contributed by atoms with Gasteiger partial charge in [0.25, 0.3) is 0 Å². The largest absolute Gasteiger partial charge is 0.461 e. The van der Waals surface area contributed by atoms with Crippen molar-refractivity contribution in [3.8, 4) is 0 Å². The first-order chi connectivity index (χ1) is 16.3. The highest BCUT2D eigenvalue weighted by Gasteiger charge is 2.60. The maximum atomic E-state index is 12.4. The molecule has 0 radical (unpaired) electrons. The molecule has 4 saturated carbocycles. The Morgan fingerprint density at radius 2 is 1.74 bits per heavy atom. The lowest BCUT2D eigenvalue weighted by molar-refractivity contribution is -0.145. The van der Waals surface area contributed by atoms with E-state index in [0.29, 0.717) is 35.8 Å². The van der Waals surface area contributed by atoms with Crippen LogP contribution in [0.1, 0.15) is 97.0 Å². The van der Waals surface area contributed by atoms with E-state index in [-0.39, 0.29) is 5.97 Å². The van der Waals surface area contributed by atoms with Gasteiger partial charge in [-0.05, 0) is 116 Å². The van der Waals surface area contributed by atoms with Crippen LogP contribution in [-0.4, -0.2) is 12.0 Å². The van der Waals surface area contributed by atoms with Gasteiger partial charge in [0.2, 0.25) is 0 Å². The number of nitrogens with two attached hydrogens (primary N) is 1. The molecule has 3 heteroatoms. The van der Waals surface area contributed by atoms with Crippen molar-refractivity contribution in [2.75, 3.05) is 0 Å². The van der Waals surface area contributed by atoms with E-state index in [1.807, 2.05) is 30.3 Å². The van der Waals surface area contributed by atoms with Crippen LogP contribution >= 0.6 is 0 Å². The Balaban J connectivity index is 1.18. The summed E-state index contributed by atoms with van der Waals surface area (Å²) in [7, 11) is 0. The van der Waals surface area contributed by atoms with Crippen molar-refractivity contribution < 1.29 is 9.53 Å². The minimum Gasteiger partial charge on any atom is -0.461 e. The lowest BCUT2D eigenvalue weighted by Crippen LogP contribution is -2.54. The summed E-state index contributed by atoms with van der Waals surface area (Å²) in [6.07, 6.45) is 13.8. The molecule has 0 spiro atoms. The molecule has 0 saturated heterocycles. The van der Waals surface area contributed by atoms with Crippen LogP contribution < -0.4 is 5.73 Å². The summed E-state index contributed by atoms with van der Waals surface area (Å²) >= 11 is 0. The summed E-state index contributed by atoms with van der Waals surface area (Å²) < 4.78 is 5.56. The molecular formula is C31H47NO2. The number of hydrogen-bond acceptors (Lipinski definition) is 3. The van der Waals surface area contributed by atoms with Gasteiger partial charge in [0, 0.05) is 12.5 Å². The Morgan fingerprint density at radius 3 is 2.53 bits per heavy atom. The predicted molar refractivity (Wildman–Crippen MR) is 138 cm³/mol. The molecule has 4 fully saturated rings. The Bertz CT molecular complexity index is 854. The van der Waals surface area contributed by atoms with Gasteiger partial charge in [-0.3, -0.25) is 4.79 Å². The number of rotatable bonds is 6. The SMILES string of the molecule is C[C@H](CCC(=O)OCc1ccccc1)[C@H]1CC[C@H]2C3CC[C@@H]4C[C@@H](N)CC[C@]4(C)[C@H]3CC[C@]12C. The Morgan fingerprint density at radius 1 is 1.00 bits per heavy atom. The Labute approximate surface area is 207 Å². The number of carbonyl (C=O) groups is 1. The molecule has 5 rings (SSSR count). The molecule has 1 aromatic carbocycles. The van der Waals surface area contributed by atoms with E-state index < -0.39 is 0 Å². The lowest BCUT2D eigenvalue weighted by atomic mass is 9.44. The first-order valence-corrected chi connectivity index (χ1v) is 14.3. The third kappa shape index (κ3) is 4.36. The molecular weight excluding hydrogens is 418 g/mol. The topological polar surface area (TPSA) is 52.3 Å². The first kappa shape index (κ1) is 24.3. The fourth-order valence-electron chi connectivity index (χ4n) is 9.62. The summed E-state index contributed by atoms with van der Waals surface area (Å²) in [4.78, 5) is 12.4. The fourth-order valence-corrected chi connectivity index (χ4v) is 9.62. The van der Waals surface area contributed by atoms with E-state index in [2.05, 4.69) is 20.8 Å². The number of benzene rings is 1. The van der Waals surface area contributed by atoms with Crippen molar-refractivity contribution in [1.29, 1.82) is 0 Å². The highest BCUT2D eigenvalue weighted by atomic mass is 16.5. The molecule has 1 unspecified atom stereocenters. The van der Waals surface area contributed by atoms with Crippen molar-refractivity contribution >= 4 is 5.97 Å². The summed E-state index contributed by atoms with van der Waals surface area (Å²) in [6.45, 7) is 8.07. The third-order valence-electron chi connectivity index (χ3n) is 11.5. The normalized spacial score (nSPS) is 42.2. The second-order valence-electron chi connectivity index (χ2n) is 13.1. The molecule has 3 nitrogen and oxygen atoms in total. The zero-order valence-electron chi connectivity index (χ0n) is 21.8. The minimum atomic E-state index is -0.0409. The van der Waals surface area contributed by atoms with Crippen molar-refractivity contribution in [3.63, 3.8) is 0 Å². The van der Waals surface area contributed by atoms with Gasteiger partial charge in [-0.25, -0.2) is 0 Å². The zero-order chi connectivity index (χ0) is 23.9. The van der Waals surface area contributed by atoms with Crippen LogP contribution in [0.4, 0.5) is 0 Å². The van der Waals surface area contributed by atoms with Gasteiger partial charge < -0.3 is 10.5 Å². The van der Waals surface area contributed by atoms with E-state index in [1.54, 1.807) is 0 Å². The maximum absolute atomic E-state index is 12.4. The van der Waals surface area contributed by atoms with Crippen molar-refractivity contribution in [3.05, 3.63) is 35.9 Å². The molecule has 0 heterocycles. The molecule has 0 aliphatic heterocycles. The molecule has 34 heavy (non-hydrogen) atoms. The van der Waals surface area contributed by atoms with E-state index in [9.17, 15) is 4.79 Å². The van der Waals surface area contributed by atoms with Crippen LogP contribution in [0.15, 0.2) is 30.3 Å². The van der Waals surface area contributed by atoms with Gasteiger partial charge >= 0.3 is 5.97 Å². The number of hydrogen-bond donors (Lipinski definition) is 1. The fraction of sp³-hybridized carbons (Fsp3) is 0.774. The summed E-state index contributed by atoms with van der Waals surface area (Å²) in [5, 5.41) is 0. The lowest BCUT2D eigenvalue weighted by Gasteiger charge is -2.61. The molecule has 4 aliphatic rings. The average molecular weight is 466 g/mol. The smallest absolute Gasteiger partial charge is 0.306 e. The predicted octanol–water partition coefficient (Wildman–Crippen LogP) is 7.13. The zero-order valence-corrected chi connectivity index (χ0v) is 21.8. The summed E-state index contributed by atoms with van der Waals surface area (Å²) in [6, 6.07) is 10.5. The van der Waals surface area contributed by atoms with E-state index in [4.69, 9.17) is 10.5 Å². The minimum absolute atomic E-state index is 0.0409. The van der Waals surface area contributed by atoms with E-state index in [0.717, 1.165) is 41.6 Å². The van der Waals surface area contributed by atoms with Crippen LogP contribution in [0.25, 0.3) is 0 Å². The number of esters is 1. The second kappa shape index (κ2) is 9.60. The van der Waals surface area contributed by atoms with Crippen LogP contribution in [0.5, 0.6) is 0 Å².